The zero-order valence-corrected chi connectivity index (χ0v) is 11.9. The fourth-order valence-corrected chi connectivity index (χ4v) is 2.14. The normalized spacial score (nSPS) is 10.6. The Morgan fingerprint density at radius 2 is 2.14 bits per heavy atom. The fourth-order valence-electron chi connectivity index (χ4n) is 2.14. The summed E-state index contributed by atoms with van der Waals surface area (Å²) in [5, 5.41) is 12.4. The van der Waals surface area contributed by atoms with Gasteiger partial charge in [0.1, 0.15) is 5.69 Å². The zero-order valence-electron chi connectivity index (χ0n) is 11.9. The minimum absolute atomic E-state index is 0.113. The lowest BCUT2D eigenvalue weighted by atomic mass is 10.2. The maximum Gasteiger partial charge on any atom is 0.268 e. The zero-order chi connectivity index (χ0) is 15.5. The Balaban J connectivity index is 1.62. The molecule has 0 aliphatic rings. The van der Waals surface area contributed by atoms with Crippen LogP contribution in [0.1, 0.15) is 16.1 Å². The molecule has 22 heavy (non-hydrogen) atoms. The highest BCUT2D eigenvalue weighted by molar-refractivity contribution is 6.01. The number of rotatable bonds is 4. The summed E-state index contributed by atoms with van der Waals surface area (Å²) in [4.78, 5) is 26.8. The van der Waals surface area contributed by atoms with Gasteiger partial charge in [0.05, 0.1) is 18.4 Å². The van der Waals surface area contributed by atoms with Gasteiger partial charge in [-0.3, -0.25) is 14.7 Å². The van der Waals surface area contributed by atoms with E-state index in [9.17, 15) is 9.59 Å². The van der Waals surface area contributed by atoms with E-state index < -0.39 is 0 Å². The summed E-state index contributed by atoms with van der Waals surface area (Å²) in [7, 11) is 0. The number of carbonyl (C=O) groups excluding carboxylic acids is 2. The van der Waals surface area contributed by atoms with Crippen LogP contribution in [0.3, 0.4) is 0 Å². The Morgan fingerprint density at radius 1 is 1.27 bits per heavy atom. The molecule has 0 radical (unpaired) electrons. The number of aromatic nitrogens is 3. The highest BCUT2D eigenvalue weighted by Crippen LogP contribution is 2.16. The van der Waals surface area contributed by atoms with E-state index in [0.717, 1.165) is 16.5 Å². The highest BCUT2D eigenvalue weighted by Gasteiger charge is 2.11. The Labute approximate surface area is 126 Å². The van der Waals surface area contributed by atoms with E-state index in [0.29, 0.717) is 11.4 Å². The fraction of sp³-hybridized carbons (Fsp3) is 0.133. The molecule has 2 heterocycles. The molecule has 0 aliphatic heterocycles. The molecule has 0 unspecified atom stereocenters. The van der Waals surface area contributed by atoms with Gasteiger partial charge in [0, 0.05) is 17.1 Å². The van der Waals surface area contributed by atoms with Gasteiger partial charge >= 0.3 is 0 Å². The average molecular weight is 297 g/mol. The highest BCUT2D eigenvalue weighted by atomic mass is 16.2. The van der Waals surface area contributed by atoms with Gasteiger partial charge in [-0.2, -0.15) is 5.10 Å². The summed E-state index contributed by atoms with van der Waals surface area (Å²) in [6, 6.07) is 7.66. The molecule has 0 spiro atoms. The van der Waals surface area contributed by atoms with Crippen LogP contribution >= 0.6 is 0 Å². The lowest BCUT2D eigenvalue weighted by Crippen LogP contribution is -2.32. The number of fused-ring (bicyclic) bond motifs is 1. The average Bonchev–Trinajstić information content (AvgIpc) is 3.13. The summed E-state index contributed by atoms with van der Waals surface area (Å²) in [5.74, 6) is -0.641. The summed E-state index contributed by atoms with van der Waals surface area (Å²) in [6.07, 6.45) is 3.04. The lowest BCUT2D eigenvalue weighted by molar-refractivity contribution is -0.115. The van der Waals surface area contributed by atoms with Crippen LogP contribution in [0, 0.1) is 6.92 Å². The number of nitrogens with zero attached hydrogens (tertiary/aromatic N) is 1. The molecule has 112 valence electrons. The van der Waals surface area contributed by atoms with E-state index in [2.05, 4.69) is 25.8 Å². The third-order valence-electron chi connectivity index (χ3n) is 3.21. The number of aromatic amines is 2. The lowest BCUT2D eigenvalue weighted by Gasteiger charge is -2.04. The molecule has 0 saturated carbocycles. The minimum atomic E-state index is -0.323. The second-order valence-electron chi connectivity index (χ2n) is 4.99. The molecule has 2 aromatic heterocycles. The van der Waals surface area contributed by atoms with Gasteiger partial charge in [0.25, 0.3) is 5.91 Å². The standard InChI is InChI=1S/C15H15N5O2/c1-9-2-3-10-5-13(20-12(10)4-9)15(22)16-8-14(21)19-11-6-17-18-7-11/h2-7,20H,8H2,1H3,(H,16,22)(H,17,18)(H,19,21). The van der Waals surface area contributed by atoms with E-state index in [1.807, 2.05) is 25.1 Å². The van der Waals surface area contributed by atoms with Crippen molar-refractivity contribution in [1.82, 2.24) is 20.5 Å². The topological polar surface area (TPSA) is 103 Å². The van der Waals surface area contributed by atoms with Crippen LogP contribution in [0.4, 0.5) is 5.69 Å². The molecule has 4 N–H and O–H groups in total. The number of hydrogen-bond donors (Lipinski definition) is 4. The van der Waals surface area contributed by atoms with Crippen molar-refractivity contribution in [3.05, 3.63) is 47.9 Å². The summed E-state index contributed by atoms with van der Waals surface area (Å²) in [6.45, 7) is 1.87. The van der Waals surface area contributed by atoms with Crippen molar-refractivity contribution in [2.24, 2.45) is 0 Å². The van der Waals surface area contributed by atoms with Gasteiger partial charge in [-0.05, 0) is 24.6 Å². The number of nitrogens with one attached hydrogen (secondary N) is 4. The molecule has 0 bridgehead atoms. The number of H-pyrrole nitrogens is 2. The van der Waals surface area contributed by atoms with Crippen LogP contribution in [0.5, 0.6) is 0 Å². The molecule has 0 fully saturated rings. The molecule has 0 saturated heterocycles. The predicted molar refractivity (Wildman–Crippen MR) is 82.6 cm³/mol. The molecular weight excluding hydrogens is 282 g/mol. The maximum atomic E-state index is 12.1. The van der Waals surface area contributed by atoms with Gasteiger partial charge in [0.2, 0.25) is 5.91 Å². The van der Waals surface area contributed by atoms with Crippen molar-refractivity contribution in [2.45, 2.75) is 6.92 Å². The predicted octanol–water partition coefficient (Wildman–Crippen LogP) is 1.57. The van der Waals surface area contributed by atoms with Crippen molar-refractivity contribution in [1.29, 1.82) is 0 Å². The van der Waals surface area contributed by atoms with Gasteiger partial charge in [-0.1, -0.05) is 12.1 Å². The summed E-state index contributed by atoms with van der Waals surface area (Å²) >= 11 is 0. The summed E-state index contributed by atoms with van der Waals surface area (Å²) < 4.78 is 0. The molecule has 0 atom stereocenters. The Bertz CT molecular complexity index is 820. The monoisotopic (exact) mass is 297 g/mol. The van der Waals surface area contributed by atoms with Gasteiger partial charge in [-0.25, -0.2) is 0 Å². The SMILES string of the molecule is Cc1ccc2cc(C(=O)NCC(=O)Nc3cn[nH]c3)[nH]c2c1. The molecular formula is C15H15N5O2. The van der Waals surface area contributed by atoms with Crippen molar-refractivity contribution in [2.75, 3.05) is 11.9 Å². The summed E-state index contributed by atoms with van der Waals surface area (Å²) in [5.41, 5.74) is 2.99. The smallest absolute Gasteiger partial charge is 0.268 e. The van der Waals surface area contributed by atoms with Gasteiger partial charge in [-0.15, -0.1) is 0 Å². The quantitative estimate of drug-likeness (QED) is 0.587. The first kappa shape index (κ1) is 13.9. The van der Waals surface area contributed by atoms with Crippen LogP contribution in [-0.2, 0) is 4.79 Å². The largest absolute Gasteiger partial charge is 0.351 e. The van der Waals surface area contributed by atoms with Crippen LogP contribution in [0.2, 0.25) is 0 Å². The molecule has 3 rings (SSSR count). The maximum absolute atomic E-state index is 12.1. The second kappa shape index (κ2) is 5.72. The Morgan fingerprint density at radius 3 is 2.91 bits per heavy atom. The van der Waals surface area contributed by atoms with Crippen molar-refractivity contribution < 1.29 is 9.59 Å². The van der Waals surface area contributed by atoms with E-state index in [1.165, 1.54) is 6.20 Å². The first-order chi connectivity index (χ1) is 10.6. The first-order valence-corrected chi connectivity index (χ1v) is 6.78. The van der Waals surface area contributed by atoms with Crippen molar-refractivity contribution >= 4 is 28.4 Å². The van der Waals surface area contributed by atoms with E-state index in [-0.39, 0.29) is 18.4 Å². The second-order valence-corrected chi connectivity index (χ2v) is 4.99. The Kier molecular flexibility index (Phi) is 3.61. The number of carbonyl (C=O) groups is 2. The molecule has 3 aromatic rings. The molecule has 0 aliphatic carbocycles. The van der Waals surface area contributed by atoms with Crippen molar-refractivity contribution in [3.63, 3.8) is 0 Å². The van der Waals surface area contributed by atoms with Crippen LogP contribution < -0.4 is 10.6 Å². The third kappa shape index (κ3) is 2.98. The molecule has 7 nitrogen and oxygen atoms in total. The number of amides is 2. The third-order valence-corrected chi connectivity index (χ3v) is 3.21. The Hall–Kier alpha value is -3.09. The first-order valence-electron chi connectivity index (χ1n) is 6.78. The number of aryl methyl sites for hydroxylation is 1. The molecule has 7 heteroatoms. The molecule has 2 amide bonds. The van der Waals surface area contributed by atoms with E-state index in [1.54, 1.807) is 12.3 Å². The van der Waals surface area contributed by atoms with Crippen LogP contribution in [0.15, 0.2) is 36.7 Å². The van der Waals surface area contributed by atoms with Crippen LogP contribution in [-0.4, -0.2) is 33.5 Å². The van der Waals surface area contributed by atoms with E-state index in [4.69, 9.17) is 0 Å². The molecule has 1 aromatic carbocycles. The van der Waals surface area contributed by atoms with E-state index >= 15 is 0 Å². The van der Waals surface area contributed by atoms with Crippen LogP contribution in [0.25, 0.3) is 10.9 Å². The van der Waals surface area contributed by atoms with Crippen molar-refractivity contribution in [3.8, 4) is 0 Å². The van der Waals surface area contributed by atoms with Gasteiger partial charge in [0.15, 0.2) is 0 Å². The van der Waals surface area contributed by atoms with Gasteiger partial charge < -0.3 is 15.6 Å². The number of benzene rings is 1. The minimum Gasteiger partial charge on any atom is -0.351 e. The number of hydrogen-bond acceptors (Lipinski definition) is 3. The number of anilines is 1.